The number of amides is 1. The lowest BCUT2D eigenvalue weighted by Crippen LogP contribution is -2.28. The number of benzene rings is 1. The van der Waals surface area contributed by atoms with Crippen molar-refractivity contribution in [2.24, 2.45) is 0 Å². The lowest BCUT2D eigenvalue weighted by molar-refractivity contribution is -0.386. The van der Waals surface area contributed by atoms with Crippen LogP contribution in [0.2, 0.25) is 0 Å². The van der Waals surface area contributed by atoms with Crippen LogP contribution < -0.4 is 5.32 Å². The molecule has 0 spiro atoms. The number of aryl methyl sites for hydroxylation is 1. The lowest BCUT2D eigenvalue weighted by Gasteiger charge is -2.08. The van der Waals surface area contributed by atoms with Crippen molar-refractivity contribution in [1.82, 2.24) is 15.1 Å². The molecule has 0 atom stereocenters. The normalized spacial score (nSPS) is 10.6. The van der Waals surface area contributed by atoms with Crippen molar-refractivity contribution < 1.29 is 14.1 Å². The average Bonchev–Trinajstić information content (AvgIpc) is 2.74. The predicted molar refractivity (Wildman–Crippen MR) is 84.3 cm³/mol. The van der Waals surface area contributed by atoms with E-state index >= 15 is 0 Å². The maximum absolute atomic E-state index is 13.6. The summed E-state index contributed by atoms with van der Waals surface area (Å²) in [7, 11) is 0. The minimum Gasteiger partial charge on any atom is -0.350 e. The first-order valence-corrected chi connectivity index (χ1v) is 7.48. The van der Waals surface area contributed by atoms with Crippen LogP contribution in [-0.4, -0.2) is 20.6 Å². The Morgan fingerprint density at radius 1 is 1.48 bits per heavy atom. The Balaban J connectivity index is 2.04. The Labute approximate surface area is 139 Å². The third-order valence-electron chi connectivity index (χ3n) is 3.30. The van der Waals surface area contributed by atoms with E-state index in [9.17, 15) is 19.3 Å². The fraction of sp³-hybridized carbons (Fsp3) is 0.286. The second kappa shape index (κ2) is 6.86. The number of rotatable bonds is 5. The zero-order chi connectivity index (χ0) is 17.1. The molecule has 1 aromatic heterocycles. The number of hydrogen-bond donors (Lipinski definition) is 1. The van der Waals surface area contributed by atoms with E-state index in [1.54, 1.807) is 12.1 Å². The molecule has 2 rings (SSSR count). The summed E-state index contributed by atoms with van der Waals surface area (Å²) in [5, 5.41) is 17.5. The number of nitrogens with zero attached hydrogens (tertiary/aromatic N) is 3. The summed E-state index contributed by atoms with van der Waals surface area (Å²) >= 11 is 3.23. The molecule has 2 aromatic rings. The second-order valence-corrected chi connectivity index (χ2v) is 5.86. The predicted octanol–water partition coefficient (Wildman–Crippen LogP) is 2.63. The summed E-state index contributed by atoms with van der Waals surface area (Å²) in [5.41, 5.74) is 0.789. The molecule has 23 heavy (non-hydrogen) atoms. The molecule has 1 amide bonds. The molecule has 0 aliphatic rings. The summed E-state index contributed by atoms with van der Waals surface area (Å²) < 4.78 is 15.6. The van der Waals surface area contributed by atoms with E-state index in [4.69, 9.17) is 0 Å². The molecule has 0 unspecified atom stereocenters. The van der Waals surface area contributed by atoms with Gasteiger partial charge in [0.2, 0.25) is 5.91 Å². The van der Waals surface area contributed by atoms with Crippen LogP contribution in [0.25, 0.3) is 0 Å². The standard InChI is InChI=1S/C14H14BrFN4O3/c1-8-14(20(22)23)9(2)19(18-8)7-13(21)17-6-10-5-11(15)3-4-12(10)16/h3-5H,6-7H2,1-2H3,(H,17,21). The highest BCUT2D eigenvalue weighted by Crippen LogP contribution is 2.21. The van der Waals surface area contributed by atoms with Gasteiger partial charge in [-0.15, -0.1) is 0 Å². The first kappa shape index (κ1) is 17.1. The van der Waals surface area contributed by atoms with Crippen molar-refractivity contribution >= 4 is 27.5 Å². The van der Waals surface area contributed by atoms with E-state index in [2.05, 4.69) is 26.3 Å². The van der Waals surface area contributed by atoms with E-state index in [1.165, 1.54) is 24.6 Å². The minimum atomic E-state index is -0.525. The van der Waals surface area contributed by atoms with Crippen LogP contribution in [0.5, 0.6) is 0 Å². The SMILES string of the molecule is Cc1nn(CC(=O)NCc2cc(Br)ccc2F)c(C)c1[N+](=O)[O-]. The first-order valence-electron chi connectivity index (χ1n) is 6.68. The Morgan fingerprint density at radius 3 is 2.78 bits per heavy atom. The van der Waals surface area contributed by atoms with Gasteiger partial charge < -0.3 is 5.32 Å². The molecule has 0 saturated heterocycles. The summed E-state index contributed by atoms with van der Waals surface area (Å²) in [6.07, 6.45) is 0. The van der Waals surface area contributed by atoms with Gasteiger partial charge in [0, 0.05) is 16.6 Å². The third-order valence-corrected chi connectivity index (χ3v) is 3.80. The van der Waals surface area contributed by atoms with Gasteiger partial charge in [-0.05, 0) is 32.0 Å². The summed E-state index contributed by atoms with van der Waals surface area (Å²) in [6.45, 7) is 2.89. The van der Waals surface area contributed by atoms with E-state index in [0.29, 0.717) is 15.7 Å². The maximum atomic E-state index is 13.6. The Bertz CT molecular complexity index is 776. The fourth-order valence-corrected chi connectivity index (χ4v) is 2.58. The molecule has 1 heterocycles. The van der Waals surface area contributed by atoms with Crippen molar-refractivity contribution in [3.8, 4) is 0 Å². The molecule has 0 saturated carbocycles. The van der Waals surface area contributed by atoms with E-state index in [0.717, 1.165) is 0 Å². The Kier molecular flexibility index (Phi) is 5.09. The van der Waals surface area contributed by atoms with Crippen molar-refractivity contribution in [1.29, 1.82) is 0 Å². The van der Waals surface area contributed by atoms with Gasteiger partial charge in [-0.3, -0.25) is 19.6 Å². The van der Waals surface area contributed by atoms with Gasteiger partial charge in [0.15, 0.2) is 0 Å². The van der Waals surface area contributed by atoms with Crippen LogP contribution >= 0.6 is 15.9 Å². The molecule has 0 aliphatic carbocycles. The number of hydrogen-bond acceptors (Lipinski definition) is 4. The van der Waals surface area contributed by atoms with Crippen LogP contribution in [-0.2, 0) is 17.9 Å². The van der Waals surface area contributed by atoms with E-state index < -0.39 is 16.6 Å². The molecule has 122 valence electrons. The van der Waals surface area contributed by atoms with Gasteiger partial charge in [-0.2, -0.15) is 5.10 Å². The van der Waals surface area contributed by atoms with Crippen molar-refractivity contribution in [3.05, 3.63) is 55.6 Å². The second-order valence-electron chi connectivity index (χ2n) is 4.95. The molecule has 1 aromatic carbocycles. The van der Waals surface area contributed by atoms with Gasteiger partial charge in [0.25, 0.3) is 0 Å². The molecule has 1 N–H and O–H groups in total. The van der Waals surface area contributed by atoms with Crippen molar-refractivity contribution in [3.63, 3.8) is 0 Å². The van der Waals surface area contributed by atoms with Crippen molar-refractivity contribution in [2.75, 3.05) is 0 Å². The van der Waals surface area contributed by atoms with Gasteiger partial charge in [-0.1, -0.05) is 15.9 Å². The molecule has 0 fully saturated rings. The molecule has 9 heteroatoms. The zero-order valence-corrected chi connectivity index (χ0v) is 14.1. The highest BCUT2D eigenvalue weighted by Gasteiger charge is 2.22. The van der Waals surface area contributed by atoms with Crippen LogP contribution in [0.3, 0.4) is 0 Å². The van der Waals surface area contributed by atoms with Gasteiger partial charge in [-0.25, -0.2) is 4.39 Å². The number of carbonyl (C=O) groups excluding carboxylic acids is 1. The number of halogens is 2. The van der Waals surface area contributed by atoms with Gasteiger partial charge in [0.1, 0.15) is 23.7 Å². The smallest absolute Gasteiger partial charge is 0.312 e. The molecular weight excluding hydrogens is 371 g/mol. The Morgan fingerprint density at radius 2 is 2.17 bits per heavy atom. The van der Waals surface area contributed by atoms with E-state index in [-0.39, 0.29) is 24.5 Å². The fourth-order valence-electron chi connectivity index (χ4n) is 2.17. The average molecular weight is 385 g/mol. The third kappa shape index (κ3) is 3.92. The highest BCUT2D eigenvalue weighted by molar-refractivity contribution is 9.10. The lowest BCUT2D eigenvalue weighted by atomic mass is 10.2. The van der Waals surface area contributed by atoms with Gasteiger partial charge in [0.05, 0.1) is 4.92 Å². The molecule has 7 nitrogen and oxygen atoms in total. The van der Waals surface area contributed by atoms with Crippen molar-refractivity contribution in [2.45, 2.75) is 26.9 Å². The highest BCUT2D eigenvalue weighted by atomic mass is 79.9. The van der Waals surface area contributed by atoms with Crippen LogP contribution in [0.1, 0.15) is 17.0 Å². The topological polar surface area (TPSA) is 90.1 Å². The van der Waals surface area contributed by atoms with Crippen LogP contribution in [0.4, 0.5) is 10.1 Å². The summed E-state index contributed by atoms with van der Waals surface area (Å²) in [5.74, 6) is -0.833. The summed E-state index contributed by atoms with van der Waals surface area (Å²) in [6, 6.07) is 4.44. The monoisotopic (exact) mass is 384 g/mol. The first-order chi connectivity index (χ1) is 10.8. The number of aromatic nitrogens is 2. The molecular formula is C14H14BrFN4O3. The van der Waals surface area contributed by atoms with E-state index in [1.807, 2.05) is 0 Å². The molecule has 0 radical (unpaired) electrons. The molecule has 0 bridgehead atoms. The van der Waals surface area contributed by atoms with Crippen LogP contribution in [0, 0.1) is 29.8 Å². The quantitative estimate of drug-likeness (QED) is 0.633. The minimum absolute atomic E-state index is 0.0193. The largest absolute Gasteiger partial charge is 0.350 e. The molecule has 0 aliphatic heterocycles. The van der Waals surface area contributed by atoms with Crippen LogP contribution in [0.15, 0.2) is 22.7 Å². The number of nitrogens with one attached hydrogen (secondary N) is 1. The number of carbonyl (C=O) groups is 1. The summed E-state index contributed by atoms with van der Waals surface area (Å²) in [4.78, 5) is 22.4. The Hall–Kier alpha value is -2.29. The zero-order valence-electron chi connectivity index (χ0n) is 12.5. The maximum Gasteiger partial charge on any atom is 0.312 e. The van der Waals surface area contributed by atoms with Gasteiger partial charge >= 0.3 is 5.69 Å². The number of nitro groups is 1.